The highest BCUT2D eigenvalue weighted by molar-refractivity contribution is 7.18. The predicted molar refractivity (Wildman–Crippen MR) is 108 cm³/mol. The van der Waals surface area contributed by atoms with E-state index >= 15 is 0 Å². The van der Waals surface area contributed by atoms with Crippen molar-refractivity contribution in [3.05, 3.63) is 83.9 Å². The second-order valence-electron chi connectivity index (χ2n) is 6.07. The number of carbonyl (C=O) groups excluding carboxylic acids is 1. The number of carbonyl (C=O) groups is 1. The molecule has 1 amide bonds. The van der Waals surface area contributed by atoms with Gasteiger partial charge in [0.2, 0.25) is 5.91 Å². The van der Waals surface area contributed by atoms with E-state index in [0.29, 0.717) is 12.8 Å². The van der Waals surface area contributed by atoms with Gasteiger partial charge in [-0.05, 0) is 35.4 Å². The Morgan fingerprint density at radius 3 is 2.31 bits per heavy atom. The predicted octanol–water partition coefficient (Wildman–Crippen LogP) is 5.53. The van der Waals surface area contributed by atoms with E-state index in [1.165, 1.54) is 10.3 Å². The number of amides is 1. The van der Waals surface area contributed by atoms with Crippen molar-refractivity contribution in [1.82, 2.24) is 4.98 Å². The average molecular weight is 358 g/mol. The third kappa shape index (κ3) is 3.81. The number of hydrogen-bond donors (Lipinski definition) is 1. The van der Waals surface area contributed by atoms with Crippen LogP contribution in [0.5, 0.6) is 0 Å². The van der Waals surface area contributed by atoms with Crippen molar-refractivity contribution >= 4 is 33.1 Å². The molecule has 4 aromatic rings. The third-order valence-electron chi connectivity index (χ3n) is 4.18. The van der Waals surface area contributed by atoms with Crippen LogP contribution in [0.1, 0.15) is 11.4 Å². The van der Waals surface area contributed by atoms with E-state index in [1.54, 1.807) is 11.3 Å². The summed E-state index contributed by atoms with van der Waals surface area (Å²) in [4.78, 5) is 16.8. The summed E-state index contributed by atoms with van der Waals surface area (Å²) in [7, 11) is 0. The monoisotopic (exact) mass is 358 g/mol. The molecule has 0 spiro atoms. The minimum absolute atomic E-state index is 0.0108. The van der Waals surface area contributed by atoms with Crippen LogP contribution in [0.15, 0.2) is 78.9 Å². The summed E-state index contributed by atoms with van der Waals surface area (Å²) >= 11 is 1.65. The van der Waals surface area contributed by atoms with Crippen LogP contribution < -0.4 is 5.32 Å². The lowest BCUT2D eigenvalue weighted by Crippen LogP contribution is -2.12. The van der Waals surface area contributed by atoms with E-state index in [9.17, 15) is 4.79 Å². The number of para-hydroxylation sites is 1. The number of fused-ring (bicyclic) bond motifs is 1. The lowest BCUT2D eigenvalue weighted by molar-refractivity contribution is -0.116. The van der Waals surface area contributed by atoms with Gasteiger partial charge < -0.3 is 5.32 Å². The number of benzene rings is 3. The Bertz CT molecular complexity index is 990. The number of aryl methyl sites for hydroxylation is 1. The zero-order chi connectivity index (χ0) is 17.8. The smallest absolute Gasteiger partial charge is 0.224 e. The number of thiazole rings is 1. The van der Waals surface area contributed by atoms with Gasteiger partial charge in [0.1, 0.15) is 0 Å². The maximum atomic E-state index is 12.2. The normalized spacial score (nSPS) is 10.8. The zero-order valence-electron chi connectivity index (χ0n) is 14.2. The molecule has 0 saturated carbocycles. The number of anilines is 1. The Morgan fingerprint density at radius 2 is 1.54 bits per heavy atom. The van der Waals surface area contributed by atoms with E-state index < -0.39 is 0 Å². The van der Waals surface area contributed by atoms with Crippen molar-refractivity contribution in [1.29, 1.82) is 0 Å². The summed E-state index contributed by atoms with van der Waals surface area (Å²) < 4.78 is 1.17. The van der Waals surface area contributed by atoms with Gasteiger partial charge in [-0.25, -0.2) is 4.98 Å². The molecule has 0 atom stereocenters. The molecule has 0 radical (unpaired) electrons. The molecule has 1 N–H and O–H groups in total. The number of hydrogen-bond acceptors (Lipinski definition) is 3. The van der Waals surface area contributed by atoms with Crippen LogP contribution in [-0.4, -0.2) is 10.9 Å². The highest BCUT2D eigenvalue weighted by Gasteiger charge is 2.07. The van der Waals surface area contributed by atoms with Crippen LogP contribution in [0.25, 0.3) is 21.3 Å². The van der Waals surface area contributed by atoms with Crippen LogP contribution in [0, 0.1) is 0 Å². The van der Waals surface area contributed by atoms with Gasteiger partial charge in [0.05, 0.1) is 15.2 Å². The first kappa shape index (κ1) is 16.5. The summed E-state index contributed by atoms with van der Waals surface area (Å²) in [5.74, 6) is 0.0108. The van der Waals surface area contributed by atoms with E-state index in [1.807, 2.05) is 60.7 Å². The van der Waals surface area contributed by atoms with E-state index in [2.05, 4.69) is 28.5 Å². The van der Waals surface area contributed by atoms with Gasteiger partial charge in [0, 0.05) is 18.5 Å². The maximum absolute atomic E-state index is 12.2. The highest BCUT2D eigenvalue weighted by atomic mass is 32.1. The van der Waals surface area contributed by atoms with Gasteiger partial charge in [-0.2, -0.15) is 0 Å². The van der Waals surface area contributed by atoms with Gasteiger partial charge in [-0.3, -0.25) is 4.79 Å². The van der Waals surface area contributed by atoms with Crippen LogP contribution in [0.3, 0.4) is 0 Å². The van der Waals surface area contributed by atoms with Crippen LogP contribution >= 0.6 is 11.3 Å². The maximum Gasteiger partial charge on any atom is 0.224 e. The first-order valence-electron chi connectivity index (χ1n) is 8.58. The van der Waals surface area contributed by atoms with Crippen LogP contribution in [0.4, 0.5) is 5.69 Å². The Labute approximate surface area is 156 Å². The number of nitrogens with zero attached hydrogens (tertiary/aromatic N) is 1. The van der Waals surface area contributed by atoms with E-state index in [0.717, 1.165) is 21.8 Å². The summed E-state index contributed by atoms with van der Waals surface area (Å²) in [6.07, 6.45) is 1.09. The first-order valence-corrected chi connectivity index (χ1v) is 9.39. The number of aromatic nitrogens is 1. The fraction of sp³-hybridized carbons (Fsp3) is 0.0909. The van der Waals surface area contributed by atoms with Gasteiger partial charge in [-0.1, -0.05) is 54.6 Å². The summed E-state index contributed by atoms with van der Waals surface area (Å²) in [6, 6.07) is 26.2. The molecular formula is C22H18N2OS. The zero-order valence-corrected chi connectivity index (χ0v) is 15.0. The molecule has 4 rings (SSSR count). The summed E-state index contributed by atoms with van der Waals surface area (Å²) in [6.45, 7) is 0. The average Bonchev–Trinajstić information content (AvgIpc) is 3.11. The molecule has 0 saturated heterocycles. The Kier molecular flexibility index (Phi) is 4.75. The molecule has 0 bridgehead atoms. The second-order valence-corrected chi connectivity index (χ2v) is 7.18. The molecule has 1 aromatic heterocycles. The summed E-state index contributed by atoms with van der Waals surface area (Å²) in [5.41, 5.74) is 4.13. The topological polar surface area (TPSA) is 42.0 Å². The van der Waals surface area contributed by atoms with Crippen molar-refractivity contribution in [3.8, 4) is 11.1 Å². The standard InChI is InChI=1S/C22H18N2OS/c25-21(14-15-22-24-19-8-4-5-9-20(19)26-22)23-18-12-10-17(11-13-18)16-6-2-1-3-7-16/h1-13H,14-15H2,(H,23,25). The molecule has 3 nitrogen and oxygen atoms in total. The van der Waals surface area contributed by atoms with Gasteiger partial charge in [0.25, 0.3) is 0 Å². The molecule has 0 aliphatic rings. The van der Waals surface area contributed by atoms with Crippen molar-refractivity contribution in [2.24, 2.45) is 0 Å². The third-order valence-corrected chi connectivity index (χ3v) is 5.28. The van der Waals surface area contributed by atoms with Gasteiger partial charge in [0.15, 0.2) is 0 Å². The van der Waals surface area contributed by atoms with E-state index in [4.69, 9.17) is 0 Å². The molecule has 4 heteroatoms. The first-order chi connectivity index (χ1) is 12.8. The quantitative estimate of drug-likeness (QED) is 0.509. The van der Waals surface area contributed by atoms with Crippen LogP contribution in [0.2, 0.25) is 0 Å². The molecule has 3 aromatic carbocycles. The molecule has 26 heavy (non-hydrogen) atoms. The molecule has 0 aliphatic carbocycles. The Morgan fingerprint density at radius 1 is 0.846 bits per heavy atom. The molecule has 128 valence electrons. The molecule has 1 heterocycles. The number of nitrogens with one attached hydrogen (secondary N) is 1. The van der Waals surface area contributed by atoms with Gasteiger partial charge in [-0.15, -0.1) is 11.3 Å². The largest absolute Gasteiger partial charge is 0.326 e. The minimum Gasteiger partial charge on any atom is -0.326 e. The minimum atomic E-state index is 0.0108. The lowest BCUT2D eigenvalue weighted by Gasteiger charge is -2.06. The fourth-order valence-corrected chi connectivity index (χ4v) is 3.81. The van der Waals surface area contributed by atoms with Crippen molar-refractivity contribution < 1.29 is 4.79 Å². The Hall–Kier alpha value is -2.98. The van der Waals surface area contributed by atoms with Crippen molar-refractivity contribution in [3.63, 3.8) is 0 Å². The number of rotatable bonds is 5. The van der Waals surface area contributed by atoms with Crippen LogP contribution in [-0.2, 0) is 11.2 Å². The highest BCUT2D eigenvalue weighted by Crippen LogP contribution is 2.23. The second kappa shape index (κ2) is 7.50. The Balaban J connectivity index is 1.35. The fourth-order valence-electron chi connectivity index (χ4n) is 2.85. The molecule has 0 unspecified atom stereocenters. The molecule has 0 aliphatic heterocycles. The van der Waals surface area contributed by atoms with Crippen molar-refractivity contribution in [2.75, 3.05) is 5.32 Å². The molecule has 0 fully saturated rings. The molecular weight excluding hydrogens is 340 g/mol. The SMILES string of the molecule is O=C(CCc1nc2ccccc2s1)Nc1ccc(-c2ccccc2)cc1. The van der Waals surface area contributed by atoms with E-state index in [-0.39, 0.29) is 5.91 Å². The lowest BCUT2D eigenvalue weighted by atomic mass is 10.1. The van der Waals surface area contributed by atoms with Gasteiger partial charge >= 0.3 is 0 Å². The van der Waals surface area contributed by atoms with Crippen molar-refractivity contribution in [2.45, 2.75) is 12.8 Å². The summed E-state index contributed by atoms with van der Waals surface area (Å²) in [5, 5.41) is 3.96.